The number of aryl methyl sites for hydroxylation is 1. The summed E-state index contributed by atoms with van der Waals surface area (Å²) in [6.07, 6.45) is 2.65. The zero-order valence-corrected chi connectivity index (χ0v) is 10.7. The lowest BCUT2D eigenvalue weighted by Crippen LogP contribution is -2.26. The molecule has 0 fully saturated rings. The maximum atomic E-state index is 11.3. The van der Waals surface area contributed by atoms with Crippen LogP contribution in [0.3, 0.4) is 0 Å². The number of ether oxygens (including phenoxy) is 1. The number of carbonyl (C=O) groups excluding carboxylic acids is 1. The van der Waals surface area contributed by atoms with Crippen molar-refractivity contribution in [2.75, 3.05) is 6.54 Å². The molecule has 0 aliphatic carbocycles. The van der Waals surface area contributed by atoms with Crippen LogP contribution in [0.4, 0.5) is 0 Å². The molecule has 1 heterocycles. The molecule has 1 aromatic heterocycles. The van der Waals surface area contributed by atoms with Gasteiger partial charge in [-0.15, -0.1) is 0 Å². The number of hydrogen-bond acceptors (Lipinski definition) is 4. The van der Waals surface area contributed by atoms with E-state index < -0.39 is 0 Å². The van der Waals surface area contributed by atoms with E-state index in [-0.39, 0.29) is 18.6 Å². The molecule has 0 bridgehead atoms. The number of esters is 1. The van der Waals surface area contributed by atoms with Gasteiger partial charge in [0.05, 0.1) is 18.3 Å². The van der Waals surface area contributed by atoms with E-state index in [2.05, 4.69) is 23.3 Å². The Morgan fingerprint density at radius 3 is 2.94 bits per heavy atom. The Balaban J connectivity index is 2.38. The number of carbonyl (C=O) groups is 1. The van der Waals surface area contributed by atoms with Crippen LogP contribution in [0, 0.1) is 0 Å². The third kappa shape index (κ3) is 4.95. The van der Waals surface area contributed by atoms with Crippen LogP contribution in [-0.2, 0) is 22.5 Å². The summed E-state index contributed by atoms with van der Waals surface area (Å²) in [6, 6.07) is 3.98. The Bertz CT molecular complexity index is 364. The Morgan fingerprint density at radius 1 is 1.53 bits per heavy atom. The summed E-state index contributed by atoms with van der Waals surface area (Å²) in [5.74, 6) is -0.228. The van der Waals surface area contributed by atoms with Gasteiger partial charge in [0.15, 0.2) is 0 Å². The first-order valence-corrected chi connectivity index (χ1v) is 5.96. The first-order valence-electron chi connectivity index (χ1n) is 5.96. The number of pyridine rings is 1. The van der Waals surface area contributed by atoms with Gasteiger partial charge in [0, 0.05) is 12.7 Å². The average Bonchev–Trinajstić information content (AvgIpc) is 2.28. The quantitative estimate of drug-likeness (QED) is 0.764. The zero-order valence-electron chi connectivity index (χ0n) is 10.7. The number of nitrogens with one attached hydrogen (secondary N) is 1. The smallest absolute Gasteiger partial charge is 0.320 e. The molecule has 0 aromatic carbocycles. The summed E-state index contributed by atoms with van der Waals surface area (Å²) in [6.45, 7) is 6.58. The summed E-state index contributed by atoms with van der Waals surface area (Å²) in [4.78, 5) is 15.6. The van der Waals surface area contributed by atoms with Crippen molar-refractivity contribution in [1.82, 2.24) is 10.3 Å². The van der Waals surface area contributed by atoms with Crippen molar-refractivity contribution in [2.24, 2.45) is 0 Å². The summed E-state index contributed by atoms with van der Waals surface area (Å²) in [5.41, 5.74) is 2.20. The van der Waals surface area contributed by atoms with Gasteiger partial charge in [-0.25, -0.2) is 0 Å². The van der Waals surface area contributed by atoms with E-state index in [0.717, 1.165) is 12.1 Å². The van der Waals surface area contributed by atoms with Crippen LogP contribution in [0.2, 0.25) is 0 Å². The Hall–Kier alpha value is -1.42. The summed E-state index contributed by atoms with van der Waals surface area (Å²) >= 11 is 0. The molecular weight excluding hydrogens is 216 g/mol. The van der Waals surface area contributed by atoms with Gasteiger partial charge in [0.1, 0.15) is 0 Å². The lowest BCUT2D eigenvalue weighted by molar-refractivity contribution is -0.146. The first-order chi connectivity index (χ1) is 8.13. The minimum atomic E-state index is -0.228. The Kier molecular flexibility index (Phi) is 5.63. The largest absolute Gasteiger partial charge is 0.462 e. The number of rotatable bonds is 6. The van der Waals surface area contributed by atoms with Crippen LogP contribution in [0.1, 0.15) is 32.0 Å². The van der Waals surface area contributed by atoms with Gasteiger partial charge >= 0.3 is 5.97 Å². The molecule has 0 spiro atoms. The molecule has 0 aliphatic rings. The fraction of sp³-hybridized carbons (Fsp3) is 0.538. The van der Waals surface area contributed by atoms with Crippen molar-refractivity contribution in [3.63, 3.8) is 0 Å². The fourth-order valence-electron chi connectivity index (χ4n) is 1.54. The van der Waals surface area contributed by atoms with Gasteiger partial charge in [-0.05, 0) is 31.9 Å². The second kappa shape index (κ2) is 7.01. The van der Waals surface area contributed by atoms with Gasteiger partial charge in [-0.2, -0.15) is 0 Å². The maximum Gasteiger partial charge on any atom is 0.320 e. The molecule has 4 heteroatoms. The number of hydrogen-bond donors (Lipinski definition) is 1. The molecule has 0 saturated carbocycles. The second-order valence-electron chi connectivity index (χ2n) is 4.10. The molecule has 0 radical (unpaired) electrons. The maximum absolute atomic E-state index is 11.3. The van der Waals surface area contributed by atoms with Crippen LogP contribution in [0.15, 0.2) is 18.3 Å². The minimum Gasteiger partial charge on any atom is -0.462 e. The summed E-state index contributed by atoms with van der Waals surface area (Å²) in [5, 5.41) is 3.04. The molecule has 0 saturated heterocycles. The van der Waals surface area contributed by atoms with E-state index in [4.69, 9.17) is 4.74 Å². The van der Waals surface area contributed by atoms with E-state index in [1.54, 1.807) is 6.20 Å². The van der Waals surface area contributed by atoms with E-state index in [9.17, 15) is 4.79 Å². The van der Waals surface area contributed by atoms with Gasteiger partial charge in [0.25, 0.3) is 0 Å². The molecule has 0 atom stereocenters. The Morgan fingerprint density at radius 2 is 2.29 bits per heavy atom. The second-order valence-corrected chi connectivity index (χ2v) is 4.10. The van der Waals surface area contributed by atoms with Crippen LogP contribution in [0.5, 0.6) is 0 Å². The van der Waals surface area contributed by atoms with E-state index in [1.807, 2.05) is 19.9 Å². The molecule has 0 aliphatic heterocycles. The highest BCUT2D eigenvalue weighted by Gasteiger charge is 2.06. The molecule has 1 aromatic rings. The molecule has 0 unspecified atom stereocenters. The highest BCUT2D eigenvalue weighted by molar-refractivity contribution is 5.71. The van der Waals surface area contributed by atoms with E-state index >= 15 is 0 Å². The van der Waals surface area contributed by atoms with Crippen LogP contribution in [-0.4, -0.2) is 23.6 Å². The van der Waals surface area contributed by atoms with Gasteiger partial charge in [0.2, 0.25) is 0 Å². The highest BCUT2D eigenvalue weighted by atomic mass is 16.5. The summed E-state index contributed by atoms with van der Waals surface area (Å²) in [7, 11) is 0. The van der Waals surface area contributed by atoms with Crippen molar-refractivity contribution >= 4 is 5.97 Å². The predicted molar refractivity (Wildman–Crippen MR) is 66.5 cm³/mol. The van der Waals surface area contributed by atoms with Gasteiger partial charge in [-0.3, -0.25) is 9.78 Å². The van der Waals surface area contributed by atoms with Crippen molar-refractivity contribution in [3.05, 3.63) is 29.6 Å². The van der Waals surface area contributed by atoms with Gasteiger partial charge in [-0.1, -0.05) is 13.0 Å². The van der Waals surface area contributed by atoms with Crippen molar-refractivity contribution in [2.45, 2.75) is 39.8 Å². The molecule has 1 N–H and O–H groups in total. The molecule has 4 nitrogen and oxygen atoms in total. The predicted octanol–water partition coefficient (Wildman–Crippen LogP) is 1.69. The number of aromatic nitrogens is 1. The van der Waals surface area contributed by atoms with Crippen LogP contribution < -0.4 is 5.32 Å². The molecule has 1 rings (SSSR count). The molecule has 0 amide bonds. The highest BCUT2D eigenvalue weighted by Crippen LogP contribution is 2.05. The fourth-order valence-corrected chi connectivity index (χ4v) is 1.54. The average molecular weight is 236 g/mol. The first kappa shape index (κ1) is 13.6. The van der Waals surface area contributed by atoms with Gasteiger partial charge < -0.3 is 10.1 Å². The standard InChI is InChI=1S/C13H20N2O2/c1-4-11-6-5-7-15-12(11)8-14-9-13(16)17-10(2)3/h5-7,10,14H,4,8-9H2,1-3H3. The molecule has 94 valence electrons. The number of nitrogens with zero attached hydrogens (tertiary/aromatic N) is 1. The summed E-state index contributed by atoms with van der Waals surface area (Å²) < 4.78 is 5.02. The molecule has 17 heavy (non-hydrogen) atoms. The third-order valence-corrected chi connectivity index (χ3v) is 2.29. The lowest BCUT2D eigenvalue weighted by atomic mass is 10.1. The van der Waals surface area contributed by atoms with E-state index in [1.165, 1.54) is 5.56 Å². The minimum absolute atomic E-state index is 0.0645. The third-order valence-electron chi connectivity index (χ3n) is 2.29. The van der Waals surface area contributed by atoms with Crippen molar-refractivity contribution < 1.29 is 9.53 Å². The molecular formula is C13H20N2O2. The topological polar surface area (TPSA) is 51.2 Å². The monoisotopic (exact) mass is 236 g/mol. The van der Waals surface area contributed by atoms with Crippen LogP contribution >= 0.6 is 0 Å². The van der Waals surface area contributed by atoms with Crippen molar-refractivity contribution in [1.29, 1.82) is 0 Å². The normalized spacial score (nSPS) is 10.6. The zero-order chi connectivity index (χ0) is 12.7. The van der Waals surface area contributed by atoms with E-state index in [0.29, 0.717) is 6.54 Å². The lowest BCUT2D eigenvalue weighted by Gasteiger charge is -2.10. The SMILES string of the molecule is CCc1cccnc1CNCC(=O)OC(C)C. The Labute approximate surface area is 102 Å². The van der Waals surface area contributed by atoms with Crippen LogP contribution in [0.25, 0.3) is 0 Å². The van der Waals surface area contributed by atoms with Crippen molar-refractivity contribution in [3.8, 4) is 0 Å².